The lowest BCUT2D eigenvalue weighted by atomic mass is 9.89. The van der Waals surface area contributed by atoms with Crippen molar-refractivity contribution in [2.45, 2.75) is 79.1 Å². The first-order chi connectivity index (χ1) is 19.4. The van der Waals surface area contributed by atoms with Crippen LogP contribution in [0, 0.1) is 0 Å². The van der Waals surface area contributed by atoms with Crippen molar-refractivity contribution in [3.8, 4) is 0 Å². The van der Waals surface area contributed by atoms with Crippen LogP contribution in [0.15, 0.2) is 41.2 Å². The van der Waals surface area contributed by atoms with Crippen molar-refractivity contribution >= 4 is 34.0 Å². The first-order valence-corrected chi connectivity index (χ1v) is 15.8. The molecule has 2 aliphatic rings. The maximum Gasteiger partial charge on any atom is 0.341 e. The van der Waals surface area contributed by atoms with E-state index in [9.17, 15) is 9.59 Å². The maximum atomic E-state index is 13.7. The minimum Gasteiger partial charge on any atom is -0.462 e. The molecule has 2 aromatic rings. The third-order valence-electron chi connectivity index (χ3n) is 8.25. The number of urea groups is 1. The number of anilines is 1. The lowest BCUT2D eigenvalue weighted by Crippen LogP contribution is -2.39. The number of thiophene rings is 1. The summed E-state index contributed by atoms with van der Waals surface area (Å²) < 4.78 is 7.57. The topological polar surface area (TPSA) is 66.8 Å². The normalized spacial score (nSPS) is 16.4. The van der Waals surface area contributed by atoms with Gasteiger partial charge in [-0.3, -0.25) is 9.80 Å². The number of aromatic nitrogens is 1. The van der Waals surface area contributed by atoms with Crippen LogP contribution in [0.5, 0.6) is 0 Å². The second kappa shape index (κ2) is 14.2. The van der Waals surface area contributed by atoms with Gasteiger partial charge >= 0.3 is 12.0 Å². The summed E-state index contributed by atoms with van der Waals surface area (Å²) in [6.45, 7) is 12.3. The van der Waals surface area contributed by atoms with Crippen LogP contribution in [0.2, 0.25) is 0 Å². The van der Waals surface area contributed by atoms with E-state index in [1.807, 2.05) is 19.1 Å². The molecule has 0 bridgehead atoms. The van der Waals surface area contributed by atoms with Gasteiger partial charge in [0.15, 0.2) is 0 Å². The van der Waals surface area contributed by atoms with Crippen molar-refractivity contribution in [2.75, 3.05) is 44.7 Å². The molecule has 40 heavy (non-hydrogen) atoms. The highest BCUT2D eigenvalue weighted by Gasteiger charge is 2.30. The van der Waals surface area contributed by atoms with E-state index in [0.29, 0.717) is 23.7 Å². The van der Waals surface area contributed by atoms with Crippen LogP contribution in [0.1, 0.15) is 87.0 Å². The molecule has 0 saturated heterocycles. The van der Waals surface area contributed by atoms with E-state index in [0.717, 1.165) is 75.8 Å². The van der Waals surface area contributed by atoms with E-state index in [1.54, 1.807) is 23.3 Å². The van der Waals surface area contributed by atoms with Gasteiger partial charge in [0.25, 0.3) is 0 Å². The van der Waals surface area contributed by atoms with Gasteiger partial charge in [-0.15, -0.1) is 11.3 Å². The molecule has 1 aliphatic heterocycles. The third kappa shape index (κ3) is 6.72. The molecule has 218 valence electrons. The van der Waals surface area contributed by atoms with Crippen LogP contribution in [0.4, 0.5) is 9.80 Å². The number of carbonyl (C=O) groups excluding carboxylic acids is 2. The molecule has 0 aromatic carbocycles. The molecule has 1 aliphatic carbocycles. The van der Waals surface area contributed by atoms with Gasteiger partial charge in [-0.2, -0.15) is 0 Å². The molecular weight excluding hydrogens is 520 g/mol. The number of esters is 1. The molecule has 0 radical (unpaired) electrons. The Balaban J connectivity index is 1.63. The Kier molecular flexibility index (Phi) is 10.7. The summed E-state index contributed by atoms with van der Waals surface area (Å²) in [5, 5.41) is 3.91. The van der Waals surface area contributed by atoms with E-state index in [2.05, 4.69) is 47.9 Å². The SMILES string of the molecule is CCCCC1=C(/C(CNC(=O)N(C)c2sc3c(c2C(=O)OCC)CCCC3)=C(\C)n2cccc2)CCN(CC)C1. The number of amides is 2. The number of aryl methyl sites for hydroxylation is 1. The molecule has 1 N–H and O–H groups in total. The van der Waals surface area contributed by atoms with Crippen molar-refractivity contribution in [3.05, 3.63) is 57.2 Å². The zero-order valence-electron chi connectivity index (χ0n) is 25.0. The quantitative estimate of drug-likeness (QED) is 0.301. The van der Waals surface area contributed by atoms with E-state index < -0.39 is 0 Å². The van der Waals surface area contributed by atoms with Crippen molar-refractivity contribution in [1.82, 2.24) is 14.8 Å². The molecule has 8 heteroatoms. The largest absolute Gasteiger partial charge is 0.462 e. The Morgan fingerprint density at radius 1 is 1.10 bits per heavy atom. The van der Waals surface area contributed by atoms with Gasteiger partial charge < -0.3 is 14.6 Å². The third-order valence-corrected chi connectivity index (χ3v) is 9.62. The van der Waals surface area contributed by atoms with Crippen LogP contribution >= 0.6 is 11.3 Å². The second-order valence-corrected chi connectivity index (χ2v) is 11.9. The lowest BCUT2D eigenvalue weighted by Gasteiger charge is -2.32. The number of hydrogen-bond acceptors (Lipinski definition) is 5. The number of hydrogen-bond donors (Lipinski definition) is 1. The van der Waals surface area contributed by atoms with Gasteiger partial charge in [-0.1, -0.05) is 25.8 Å². The summed E-state index contributed by atoms with van der Waals surface area (Å²) in [5.74, 6) is -0.325. The van der Waals surface area contributed by atoms with Gasteiger partial charge in [0.05, 0.1) is 12.2 Å². The van der Waals surface area contributed by atoms with Crippen molar-refractivity contribution in [2.24, 2.45) is 0 Å². The number of fused-ring (bicyclic) bond motifs is 1. The fraction of sp³-hybridized carbons (Fsp3) is 0.562. The van der Waals surface area contributed by atoms with Crippen molar-refractivity contribution in [3.63, 3.8) is 0 Å². The zero-order chi connectivity index (χ0) is 28.6. The fourth-order valence-electron chi connectivity index (χ4n) is 5.89. The Hall–Kier alpha value is -2.84. The molecule has 2 aromatic heterocycles. The number of rotatable bonds is 11. The minimum atomic E-state index is -0.325. The summed E-state index contributed by atoms with van der Waals surface area (Å²) in [4.78, 5) is 32.0. The molecule has 0 unspecified atom stereocenters. The smallest absolute Gasteiger partial charge is 0.341 e. The number of carbonyl (C=O) groups is 2. The van der Waals surface area contributed by atoms with Crippen LogP contribution in [-0.2, 0) is 17.6 Å². The van der Waals surface area contributed by atoms with Gasteiger partial charge in [-0.05, 0) is 94.2 Å². The van der Waals surface area contributed by atoms with Gasteiger partial charge in [0.1, 0.15) is 5.00 Å². The molecule has 0 saturated carbocycles. The number of nitrogens with one attached hydrogen (secondary N) is 1. The standard InChI is InChI=1S/C32H46N4O3S/c1-6-9-14-24-22-35(7-2)20-17-25(24)27(23(4)36-18-12-13-19-36)21-33-32(38)34(5)30-29(31(37)39-8-3)26-15-10-11-16-28(26)40-30/h12-13,18-19H,6-11,14-17,20-22H2,1-5H3,(H,33,38)/b27-23+. The molecule has 4 rings (SSSR count). The molecule has 0 atom stereocenters. The van der Waals surface area contributed by atoms with Gasteiger partial charge in [0.2, 0.25) is 0 Å². The Morgan fingerprint density at radius 2 is 1.85 bits per heavy atom. The number of likely N-dealkylation sites (N-methyl/N-ethyl adjacent to an activating group) is 1. The zero-order valence-corrected chi connectivity index (χ0v) is 25.8. The molecule has 3 heterocycles. The highest BCUT2D eigenvalue weighted by atomic mass is 32.1. The van der Waals surface area contributed by atoms with Crippen molar-refractivity contribution in [1.29, 1.82) is 0 Å². The summed E-state index contributed by atoms with van der Waals surface area (Å²) in [5.41, 5.74) is 6.87. The van der Waals surface area contributed by atoms with Crippen molar-refractivity contribution < 1.29 is 14.3 Å². The minimum absolute atomic E-state index is 0.205. The summed E-state index contributed by atoms with van der Waals surface area (Å²) in [6.07, 6.45) is 12.5. The van der Waals surface area contributed by atoms with Crippen LogP contribution in [0.25, 0.3) is 5.70 Å². The molecule has 2 amide bonds. The number of ether oxygens (including phenoxy) is 1. The lowest BCUT2D eigenvalue weighted by molar-refractivity contribution is 0.0526. The maximum absolute atomic E-state index is 13.7. The number of allylic oxidation sites excluding steroid dienone is 1. The first kappa shape index (κ1) is 30.1. The fourth-order valence-corrected chi connectivity index (χ4v) is 7.22. The Labute approximate surface area is 243 Å². The van der Waals surface area contributed by atoms with Crippen LogP contribution < -0.4 is 10.2 Å². The van der Waals surface area contributed by atoms with E-state index in [4.69, 9.17) is 4.74 Å². The molecule has 7 nitrogen and oxygen atoms in total. The predicted molar refractivity (Wildman–Crippen MR) is 165 cm³/mol. The highest BCUT2D eigenvalue weighted by Crippen LogP contribution is 2.40. The first-order valence-electron chi connectivity index (χ1n) is 15.0. The van der Waals surface area contributed by atoms with Gasteiger partial charge in [0, 0.05) is 49.6 Å². The average molecular weight is 567 g/mol. The number of unbranched alkanes of at least 4 members (excludes halogenated alkanes) is 1. The highest BCUT2D eigenvalue weighted by molar-refractivity contribution is 7.17. The Morgan fingerprint density at radius 3 is 2.55 bits per heavy atom. The van der Waals surface area contributed by atoms with E-state index in [-0.39, 0.29) is 12.0 Å². The molecule has 0 fully saturated rings. The monoisotopic (exact) mass is 566 g/mol. The van der Waals surface area contributed by atoms with Crippen LogP contribution in [0.3, 0.4) is 0 Å². The summed E-state index contributed by atoms with van der Waals surface area (Å²) in [7, 11) is 1.77. The summed E-state index contributed by atoms with van der Waals surface area (Å²) >= 11 is 1.56. The Bertz CT molecular complexity index is 1240. The van der Waals surface area contributed by atoms with Crippen LogP contribution in [-0.4, -0.2) is 61.3 Å². The second-order valence-electron chi connectivity index (χ2n) is 10.8. The molecular formula is C32H46N4O3S. The average Bonchev–Trinajstić information content (AvgIpc) is 3.64. The van der Waals surface area contributed by atoms with Gasteiger partial charge in [-0.25, -0.2) is 9.59 Å². The number of nitrogens with zero attached hydrogens (tertiary/aromatic N) is 3. The summed E-state index contributed by atoms with van der Waals surface area (Å²) in [6, 6.07) is 3.87. The predicted octanol–water partition coefficient (Wildman–Crippen LogP) is 6.89. The van der Waals surface area contributed by atoms with E-state index in [1.165, 1.54) is 28.0 Å². The molecule has 0 spiro atoms. The van der Waals surface area contributed by atoms with E-state index >= 15 is 0 Å².